The molecule has 7 heteroatoms. The predicted molar refractivity (Wildman–Crippen MR) is 166 cm³/mol. The Morgan fingerprint density at radius 3 is 2.56 bits per heavy atom. The Morgan fingerprint density at radius 1 is 1.02 bits per heavy atom. The lowest BCUT2D eigenvalue weighted by atomic mass is 10.0. The van der Waals surface area contributed by atoms with Crippen LogP contribution in [0.2, 0.25) is 0 Å². The number of pyridine rings is 1. The molecule has 0 bridgehead atoms. The van der Waals surface area contributed by atoms with Crippen molar-refractivity contribution in [3.8, 4) is 6.07 Å². The highest BCUT2D eigenvalue weighted by Crippen LogP contribution is 2.32. The highest BCUT2D eigenvalue weighted by atomic mass is 16.5. The van der Waals surface area contributed by atoms with Crippen LogP contribution >= 0.6 is 0 Å². The van der Waals surface area contributed by atoms with Crippen LogP contribution in [-0.2, 0) is 11.3 Å². The van der Waals surface area contributed by atoms with Crippen molar-refractivity contribution in [2.24, 2.45) is 0 Å². The van der Waals surface area contributed by atoms with Gasteiger partial charge in [-0.05, 0) is 74.7 Å². The fraction of sp³-hybridized carbons (Fsp3) is 0.353. The number of benzene rings is 2. The van der Waals surface area contributed by atoms with Crippen molar-refractivity contribution in [3.05, 3.63) is 88.4 Å². The average Bonchev–Trinajstić information content (AvgIpc) is 3.50. The molecule has 2 N–H and O–H groups in total. The van der Waals surface area contributed by atoms with Crippen LogP contribution in [0.5, 0.6) is 0 Å². The average molecular weight is 547 g/mol. The summed E-state index contributed by atoms with van der Waals surface area (Å²) in [5, 5.41) is 14.6. The number of aryl methyl sites for hydroxylation is 2. The number of piperidine rings is 1. The minimum atomic E-state index is 0.525. The van der Waals surface area contributed by atoms with Crippen LogP contribution in [0.25, 0.3) is 23.1 Å². The van der Waals surface area contributed by atoms with Gasteiger partial charge in [0.15, 0.2) is 0 Å². The van der Waals surface area contributed by atoms with Crippen LogP contribution < -0.4 is 5.32 Å². The van der Waals surface area contributed by atoms with Crippen molar-refractivity contribution >= 4 is 34.4 Å². The Labute approximate surface area is 242 Å². The number of morpholine rings is 1. The lowest BCUT2D eigenvalue weighted by Crippen LogP contribution is -2.48. The SMILES string of the molecule is Cc1ncc(C#N)c(Nc2ccc3[nH]ccc3c2C)c1C=Cc1ccc(CN2CCC(N3CCOCC3)CC2)cc1. The second kappa shape index (κ2) is 12.3. The number of nitrogens with one attached hydrogen (secondary N) is 2. The normalized spacial score (nSPS) is 17.3. The van der Waals surface area contributed by atoms with E-state index in [1.807, 2.05) is 13.1 Å². The number of aromatic amines is 1. The van der Waals surface area contributed by atoms with Gasteiger partial charge in [-0.15, -0.1) is 0 Å². The summed E-state index contributed by atoms with van der Waals surface area (Å²) in [6.07, 6.45) is 10.3. The quantitative estimate of drug-likeness (QED) is 0.285. The zero-order valence-electron chi connectivity index (χ0n) is 24.0. The van der Waals surface area contributed by atoms with Gasteiger partial charge >= 0.3 is 0 Å². The lowest BCUT2D eigenvalue weighted by Gasteiger charge is -2.40. The molecule has 0 radical (unpaired) electrons. The van der Waals surface area contributed by atoms with Crippen LogP contribution in [0.4, 0.5) is 11.4 Å². The Morgan fingerprint density at radius 2 is 1.80 bits per heavy atom. The van der Waals surface area contributed by atoms with Gasteiger partial charge in [0, 0.05) is 65.9 Å². The number of nitrogens with zero attached hydrogens (tertiary/aromatic N) is 4. The zero-order chi connectivity index (χ0) is 28.2. The minimum Gasteiger partial charge on any atom is -0.379 e. The maximum absolute atomic E-state index is 9.88. The Bertz CT molecular complexity index is 1570. The molecule has 2 aliphatic rings. The molecule has 7 nitrogen and oxygen atoms in total. The minimum absolute atomic E-state index is 0.525. The van der Waals surface area contributed by atoms with E-state index in [-0.39, 0.29) is 0 Å². The number of hydrogen-bond acceptors (Lipinski definition) is 6. The fourth-order valence-electron chi connectivity index (χ4n) is 6.16. The highest BCUT2D eigenvalue weighted by Gasteiger charge is 2.25. The van der Waals surface area contributed by atoms with Gasteiger partial charge in [-0.3, -0.25) is 14.8 Å². The van der Waals surface area contributed by atoms with E-state index in [9.17, 15) is 5.26 Å². The molecule has 4 aromatic rings. The molecule has 0 aliphatic carbocycles. The van der Waals surface area contributed by atoms with Crippen molar-refractivity contribution in [1.29, 1.82) is 5.26 Å². The number of anilines is 2. The van der Waals surface area contributed by atoms with Gasteiger partial charge in [0.05, 0.1) is 24.5 Å². The second-order valence-corrected chi connectivity index (χ2v) is 11.2. The standard InChI is InChI=1S/C34H38N6O/c1-24-30-11-14-36-33(30)10-9-32(24)38-34-28(21-35)22-37-25(2)31(34)8-7-26-3-5-27(6-4-26)23-39-15-12-29(13-16-39)40-17-19-41-20-18-40/h3-11,14,22,29,36H,12-13,15-20,23H2,1-2H3,(H,37,38). The smallest absolute Gasteiger partial charge is 0.103 e. The van der Waals surface area contributed by atoms with Crippen molar-refractivity contribution in [3.63, 3.8) is 0 Å². The number of H-pyrrole nitrogens is 1. The molecule has 0 saturated carbocycles. The van der Waals surface area contributed by atoms with Crippen LogP contribution in [0.1, 0.15) is 46.4 Å². The van der Waals surface area contributed by atoms with Gasteiger partial charge in [-0.1, -0.05) is 36.4 Å². The highest BCUT2D eigenvalue weighted by molar-refractivity contribution is 5.90. The van der Waals surface area contributed by atoms with E-state index in [2.05, 4.69) is 92.7 Å². The van der Waals surface area contributed by atoms with Gasteiger partial charge in [0.25, 0.3) is 0 Å². The topological polar surface area (TPSA) is 80.2 Å². The Hall–Kier alpha value is -3.96. The van der Waals surface area contributed by atoms with Gasteiger partial charge in [0.2, 0.25) is 0 Å². The van der Waals surface area contributed by atoms with Crippen LogP contribution in [0, 0.1) is 25.2 Å². The third kappa shape index (κ3) is 6.06. The summed E-state index contributed by atoms with van der Waals surface area (Å²) in [5.41, 5.74) is 8.78. The zero-order valence-corrected chi connectivity index (χ0v) is 24.0. The Balaban J connectivity index is 1.14. The lowest BCUT2D eigenvalue weighted by molar-refractivity contribution is 0.000231. The summed E-state index contributed by atoms with van der Waals surface area (Å²) in [6.45, 7) is 11.3. The van der Waals surface area contributed by atoms with Crippen LogP contribution in [0.15, 0.2) is 54.9 Å². The fourth-order valence-corrected chi connectivity index (χ4v) is 6.16. The molecule has 6 rings (SSSR count). The number of likely N-dealkylation sites (tertiary alicyclic amines) is 1. The molecule has 2 saturated heterocycles. The van der Waals surface area contributed by atoms with E-state index in [1.54, 1.807) is 6.20 Å². The molecule has 0 unspecified atom stereocenters. The van der Waals surface area contributed by atoms with Crippen LogP contribution in [0.3, 0.4) is 0 Å². The van der Waals surface area contributed by atoms with E-state index in [0.717, 1.165) is 90.6 Å². The Kier molecular flexibility index (Phi) is 8.15. The first kappa shape index (κ1) is 27.2. The van der Waals surface area contributed by atoms with E-state index in [4.69, 9.17) is 4.74 Å². The first-order valence-corrected chi connectivity index (χ1v) is 14.6. The molecule has 2 aliphatic heterocycles. The van der Waals surface area contributed by atoms with E-state index in [1.165, 1.54) is 18.4 Å². The number of fused-ring (bicyclic) bond motifs is 1. The summed E-state index contributed by atoms with van der Waals surface area (Å²) < 4.78 is 5.53. The summed E-state index contributed by atoms with van der Waals surface area (Å²) in [7, 11) is 0. The van der Waals surface area contributed by atoms with E-state index >= 15 is 0 Å². The number of rotatable bonds is 7. The third-order valence-electron chi connectivity index (χ3n) is 8.65. The molecule has 0 spiro atoms. The van der Waals surface area contributed by atoms with Crippen molar-refractivity contribution < 1.29 is 4.74 Å². The maximum atomic E-state index is 9.88. The summed E-state index contributed by atoms with van der Waals surface area (Å²) in [4.78, 5) is 13.0. The maximum Gasteiger partial charge on any atom is 0.103 e. The van der Waals surface area contributed by atoms with E-state index < -0.39 is 0 Å². The molecular weight excluding hydrogens is 508 g/mol. The molecule has 41 heavy (non-hydrogen) atoms. The number of nitriles is 1. The molecule has 4 heterocycles. The molecule has 2 aromatic carbocycles. The summed E-state index contributed by atoms with van der Waals surface area (Å²) in [6, 6.07) is 18.1. The van der Waals surface area contributed by atoms with Crippen molar-refractivity contribution in [2.45, 2.75) is 39.3 Å². The second-order valence-electron chi connectivity index (χ2n) is 11.2. The molecule has 2 aromatic heterocycles. The van der Waals surface area contributed by atoms with Crippen molar-refractivity contribution in [1.82, 2.24) is 19.8 Å². The summed E-state index contributed by atoms with van der Waals surface area (Å²) in [5.74, 6) is 0. The molecule has 0 atom stereocenters. The van der Waals surface area contributed by atoms with Gasteiger partial charge in [-0.2, -0.15) is 5.26 Å². The van der Waals surface area contributed by atoms with Gasteiger partial charge in [0.1, 0.15) is 6.07 Å². The molecular formula is C34H38N6O. The van der Waals surface area contributed by atoms with Crippen LogP contribution in [-0.4, -0.2) is 65.2 Å². The third-order valence-corrected chi connectivity index (χ3v) is 8.65. The largest absolute Gasteiger partial charge is 0.379 e. The molecule has 0 amide bonds. The first-order valence-electron chi connectivity index (χ1n) is 14.6. The van der Waals surface area contributed by atoms with Crippen molar-refractivity contribution in [2.75, 3.05) is 44.7 Å². The monoisotopic (exact) mass is 546 g/mol. The van der Waals surface area contributed by atoms with E-state index in [0.29, 0.717) is 11.6 Å². The predicted octanol–water partition coefficient (Wildman–Crippen LogP) is 6.26. The summed E-state index contributed by atoms with van der Waals surface area (Å²) >= 11 is 0. The molecule has 2 fully saturated rings. The molecule has 210 valence electrons. The number of ether oxygens (including phenoxy) is 1. The number of hydrogen-bond donors (Lipinski definition) is 2. The number of aromatic nitrogens is 2. The first-order chi connectivity index (χ1) is 20.1. The van der Waals surface area contributed by atoms with Gasteiger partial charge < -0.3 is 15.0 Å². The van der Waals surface area contributed by atoms with Gasteiger partial charge in [-0.25, -0.2) is 0 Å².